The molecule has 0 unspecified atom stereocenters. The van der Waals surface area contributed by atoms with Crippen molar-refractivity contribution in [3.05, 3.63) is 101 Å². The largest absolute Gasteiger partial charge is 0.493 e. The summed E-state index contributed by atoms with van der Waals surface area (Å²) in [6, 6.07) is 20.3. The molecule has 0 radical (unpaired) electrons. The molecule has 1 amide bonds. The van der Waals surface area contributed by atoms with Gasteiger partial charge in [0.2, 0.25) is 5.95 Å². The fourth-order valence-electron chi connectivity index (χ4n) is 4.08. The predicted octanol–water partition coefficient (Wildman–Crippen LogP) is 4.33. The minimum atomic E-state index is -0.630. The average Bonchev–Trinajstić information content (AvgIpc) is 3.36. The third kappa shape index (κ3) is 4.48. The van der Waals surface area contributed by atoms with Gasteiger partial charge in [-0.05, 0) is 53.2 Å². The van der Waals surface area contributed by atoms with Gasteiger partial charge in [-0.15, -0.1) is 0 Å². The summed E-state index contributed by atoms with van der Waals surface area (Å²) in [5.41, 5.74) is 2.87. The van der Waals surface area contributed by atoms with Crippen LogP contribution in [0.25, 0.3) is 0 Å². The van der Waals surface area contributed by atoms with Crippen LogP contribution >= 0.6 is 0 Å². The number of amides is 1. The molecule has 0 saturated carbocycles. The lowest BCUT2D eigenvalue weighted by Gasteiger charge is -2.28. The topological polar surface area (TPSA) is 103 Å². The van der Waals surface area contributed by atoms with Crippen LogP contribution < -0.4 is 20.1 Å². The van der Waals surface area contributed by atoms with Crippen LogP contribution in [0.5, 0.6) is 11.5 Å². The SMILES string of the molecule is COc1cc([C@H]2C(C(=O)Nc3ccccc3)=C(C)Nc3nnnn32)ccc1OCc1ccccc1F. The Hall–Kier alpha value is -4.73. The Morgan fingerprint density at radius 3 is 2.64 bits per heavy atom. The van der Waals surface area contributed by atoms with Crippen molar-refractivity contribution in [3.8, 4) is 11.5 Å². The normalized spacial score (nSPS) is 14.6. The molecular formula is C26H23FN6O3. The zero-order chi connectivity index (χ0) is 25.1. The molecule has 5 rings (SSSR count). The van der Waals surface area contributed by atoms with E-state index in [0.29, 0.717) is 45.5 Å². The first-order valence-corrected chi connectivity index (χ1v) is 11.2. The Labute approximate surface area is 206 Å². The van der Waals surface area contributed by atoms with E-state index in [4.69, 9.17) is 9.47 Å². The van der Waals surface area contributed by atoms with Crippen molar-refractivity contribution in [2.45, 2.75) is 19.6 Å². The van der Waals surface area contributed by atoms with E-state index in [2.05, 4.69) is 26.2 Å². The van der Waals surface area contributed by atoms with E-state index in [1.54, 1.807) is 41.9 Å². The van der Waals surface area contributed by atoms with E-state index >= 15 is 0 Å². The molecule has 36 heavy (non-hydrogen) atoms. The quantitative estimate of drug-likeness (QED) is 0.401. The molecule has 0 bridgehead atoms. The Bertz CT molecular complexity index is 1440. The lowest BCUT2D eigenvalue weighted by Crippen LogP contribution is -2.31. The second-order valence-electron chi connectivity index (χ2n) is 8.12. The smallest absolute Gasteiger partial charge is 0.255 e. The molecule has 0 saturated heterocycles. The maximum atomic E-state index is 14.0. The number of tetrazole rings is 1. The van der Waals surface area contributed by atoms with Gasteiger partial charge in [0.15, 0.2) is 11.5 Å². The highest BCUT2D eigenvalue weighted by molar-refractivity contribution is 6.06. The van der Waals surface area contributed by atoms with Gasteiger partial charge in [0.05, 0.1) is 12.7 Å². The number of benzene rings is 3. The van der Waals surface area contributed by atoms with E-state index in [1.807, 2.05) is 36.4 Å². The number of allylic oxidation sites excluding steroid dienone is 1. The Balaban J connectivity index is 1.48. The number of carbonyl (C=O) groups is 1. The van der Waals surface area contributed by atoms with Crippen LogP contribution in [0.1, 0.15) is 24.1 Å². The Kier molecular flexibility index (Phi) is 6.31. The highest BCUT2D eigenvalue weighted by Gasteiger charge is 2.34. The van der Waals surface area contributed by atoms with Crippen LogP contribution in [0.3, 0.4) is 0 Å². The van der Waals surface area contributed by atoms with E-state index in [1.165, 1.54) is 13.2 Å². The highest BCUT2D eigenvalue weighted by atomic mass is 19.1. The van der Waals surface area contributed by atoms with Crippen molar-refractivity contribution in [2.75, 3.05) is 17.7 Å². The number of ether oxygens (including phenoxy) is 2. The molecule has 0 aliphatic carbocycles. The van der Waals surface area contributed by atoms with E-state index < -0.39 is 6.04 Å². The second-order valence-corrected chi connectivity index (χ2v) is 8.12. The summed E-state index contributed by atoms with van der Waals surface area (Å²) in [6.45, 7) is 1.84. The van der Waals surface area contributed by atoms with Crippen LogP contribution in [-0.2, 0) is 11.4 Å². The molecule has 9 nitrogen and oxygen atoms in total. The number of para-hydroxylation sites is 1. The standard InChI is InChI=1S/C26H23FN6O3/c1-16-23(25(34)29-19-9-4-3-5-10-19)24(33-26(28-16)30-31-32-33)17-12-13-21(22(14-17)35-2)36-15-18-8-6-7-11-20(18)27/h3-14,24H,15H2,1-2H3,(H,29,34)(H,28,30,32)/t24-/m0/s1. The summed E-state index contributed by atoms with van der Waals surface area (Å²) in [5, 5.41) is 17.9. The molecule has 2 heterocycles. The fraction of sp³-hybridized carbons (Fsp3) is 0.154. The fourth-order valence-corrected chi connectivity index (χ4v) is 4.08. The molecule has 182 valence electrons. The van der Waals surface area contributed by atoms with Crippen LogP contribution in [-0.4, -0.2) is 33.2 Å². The van der Waals surface area contributed by atoms with Crippen molar-refractivity contribution >= 4 is 17.5 Å². The molecular weight excluding hydrogens is 463 g/mol. The molecule has 0 fully saturated rings. The Morgan fingerprint density at radius 1 is 1.08 bits per heavy atom. The number of carbonyl (C=O) groups excluding carboxylic acids is 1. The lowest BCUT2D eigenvalue weighted by atomic mass is 9.94. The first-order valence-electron chi connectivity index (χ1n) is 11.2. The van der Waals surface area contributed by atoms with Gasteiger partial charge in [-0.2, -0.15) is 4.68 Å². The molecule has 1 aromatic heterocycles. The average molecular weight is 487 g/mol. The van der Waals surface area contributed by atoms with Gasteiger partial charge >= 0.3 is 0 Å². The van der Waals surface area contributed by atoms with E-state index in [9.17, 15) is 9.18 Å². The maximum absolute atomic E-state index is 14.0. The van der Waals surface area contributed by atoms with Gasteiger partial charge < -0.3 is 20.1 Å². The molecule has 10 heteroatoms. The summed E-state index contributed by atoms with van der Waals surface area (Å²) in [6.07, 6.45) is 0. The molecule has 1 aliphatic rings. The minimum absolute atomic E-state index is 0.0383. The summed E-state index contributed by atoms with van der Waals surface area (Å²) >= 11 is 0. The number of fused-ring (bicyclic) bond motifs is 1. The number of aromatic nitrogens is 4. The number of hydrogen-bond acceptors (Lipinski definition) is 7. The van der Waals surface area contributed by atoms with Gasteiger partial charge in [-0.1, -0.05) is 47.6 Å². The summed E-state index contributed by atoms with van der Waals surface area (Å²) in [7, 11) is 1.52. The van der Waals surface area contributed by atoms with E-state index in [-0.39, 0.29) is 18.3 Å². The number of anilines is 2. The van der Waals surface area contributed by atoms with Gasteiger partial charge in [-0.3, -0.25) is 4.79 Å². The van der Waals surface area contributed by atoms with Crippen molar-refractivity contribution < 1.29 is 18.7 Å². The molecule has 2 N–H and O–H groups in total. The highest BCUT2D eigenvalue weighted by Crippen LogP contribution is 2.38. The van der Waals surface area contributed by atoms with Gasteiger partial charge in [0.25, 0.3) is 5.91 Å². The molecule has 3 aromatic carbocycles. The van der Waals surface area contributed by atoms with Crippen LogP contribution in [0.15, 0.2) is 84.1 Å². The van der Waals surface area contributed by atoms with Crippen LogP contribution in [0.4, 0.5) is 16.0 Å². The van der Waals surface area contributed by atoms with Crippen LogP contribution in [0.2, 0.25) is 0 Å². The zero-order valence-corrected chi connectivity index (χ0v) is 19.6. The lowest BCUT2D eigenvalue weighted by molar-refractivity contribution is -0.113. The molecule has 0 spiro atoms. The van der Waals surface area contributed by atoms with Crippen molar-refractivity contribution in [1.82, 2.24) is 20.2 Å². The van der Waals surface area contributed by atoms with Gasteiger partial charge in [-0.25, -0.2) is 4.39 Å². The summed E-state index contributed by atoms with van der Waals surface area (Å²) in [5.74, 6) is 0.635. The van der Waals surface area contributed by atoms with Crippen molar-refractivity contribution in [3.63, 3.8) is 0 Å². The third-order valence-corrected chi connectivity index (χ3v) is 5.83. The number of nitrogens with one attached hydrogen (secondary N) is 2. The Morgan fingerprint density at radius 2 is 1.86 bits per heavy atom. The zero-order valence-electron chi connectivity index (χ0n) is 19.6. The first-order chi connectivity index (χ1) is 17.5. The maximum Gasteiger partial charge on any atom is 0.255 e. The first kappa shape index (κ1) is 23.0. The van der Waals surface area contributed by atoms with E-state index in [0.717, 1.165) is 0 Å². The molecule has 1 aliphatic heterocycles. The van der Waals surface area contributed by atoms with Crippen LogP contribution in [0, 0.1) is 5.82 Å². The van der Waals surface area contributed by atoms with Gasteiger partial charge in [0.1, 0.15) is 18.5 Å². The van der Waals surface area contributed by atoms with Crippen molar-refractivity contribution in [2.24, 2.45) is 0 Å². The summed E-state index contributed by atoms with van der Waals surface area (Å²) in [4.78, 5) is 13.4. The third-order valence-electron chi connectivity index (χ3n) is 5.83. The second kappa shape index (κ2) is 9.87. The number of hydrogen-bond donors (Lipinski definition) is 2. The number of halogens is 1. The predicted molar refractivity (Wildman–Crippen MR) is 131 cm³/mol. The summed E-state index contributed by atoms with van der Waals surface area (Å²) < 4.78 is 27.0. The monoisotopic (exact) mass is 486 g/mol. The number of methoxy groups -OCH3 is 1. The molecule has 4 aromatic rings. The minimum Gasteiger partial charge on any atom is -0.493 e. The van der Waals surface area contributed by atoms with Gasteiger partial charge in [0, 0.05) is 16.9 Å². The number of rotatable bonds is 7. The number of nitrogens with zero attached hydrogens (tertiary/aromatic N) is 4. The molecule has 1 atom stereocenters. The van der Waals surface area contributed by atoms with Crippen molar-refractivity contribution in [1.29, 1.82) is 0 Å².